The zero-order chi connectivity index (χ0) is 7.23. The van der Waals surface area contributed by atoms with Crippen LogP contribution in [0, 0.1) is 0 Å². The smallest absolute Gasteiger partial charge is 0.170 e. The number of nitrogens with zero attached hydrogens (tertiary/aromatic N) is 1. The van der Waals surface area contributed by atoms with Crippen molar-refractivity contribution >= 4 is 12.4 Å². The van der Waals surface area contributed by atoms with E-state index in [9.17, 15) is 0 Å². The van der Waals surface area contributed by atoms with E-state index in [0.29, 0.717) is 0 Å². The topological polar surface area (TPSA) is 24.1 Å². The minimum Gasteiger partial charge on any atom is -0.516 e. The number of aliphatic hydroxyl groups is 1. The maximum Gasteiger partial charge on any atom is 0.170 e. The number of hydrogen-bond acceptors (Lipinski definition) is 1. The fourth-order valence-corrected chi connectivity index (χ4v) is 0.725. The van der Waals surface area contributed by atoms with Crippen molar-refractivity contribution in [3.05, 3.63) is 42.9 Å². The maximum atomic E-state index is 8.33. The van der Waals surface area contributed by atoms with Gasteiger partial charge in [0.05, 0.1) is 6.26 Å². The van der Waals surface area contributed by atoms with Crippen LogP contribution in [-0.4, -0.2) is 5.11 Å². The van der Waals surface area contributed by atoms with Crippen molar-refractivity contribution in [1.82, 2.24) is 0 Å². The number of rotatable bonds is 2. The fourth-order valence-electron chi connectivity index (χ4n) is 0.725. The van der Waals surface area contributed by atoms with Crippen molar-refractivity contribution in [3.8, 4) is 0 Å². The largest absolute Gasteiger partial charge is 0.516 e. The number of pyridine rings is 1. The summed E-state index contributed by atoms with van der Waals surface area (Å²) in [5, 5.41) is 8.33. The van der Waals surface area contributed by atoms with Gasteiger partial charge >= 0.3 is 0 Å². The highest BCUT2D eigenvalue weighted by Crippen LogP contribution is 1.77. The Morgan fingerprint density at radius 3 is 2.36 bits per heavy atom. The van der Waals surface area contributed by atoms with Crippen molar-refractivity contribution < 1.29 is 9.67 Å². The molecule has 2 nitrogen and oxygen atoms in total. The molecule has 1 rings (SSSR count). The summed E-state index contributed by atoms with van der Waals surface area (Å²) in [6.45, 7) is 0.720. The zero-order valence-corrected chi connectivity index (χ0v) is 6.87. The first-order valence-corrected chi connectivity index (χ1v) is 3.17. The Kier molecular flexibility index (Phi) is 5.21. The first kappa shape index (κ1) is 9.98. The third-order valence-electron chi connectivity index (χ3n) is 1.20. The minimum absolute atomic E-state index is 0. The maximum absolute atomic E-state index is 8.33. The van der Waals surface area contributed by atoms with Gasteiger partial charge in [0, 0.05) is 18.2 Å². The molecule has 0 aliphatic heterocycles. The van der Waals surface area contributed by atoms with E-state index in [1.807, 2.05) is 35.2 Å². The van der Waals surface area contributed by atoms with Gasteiger partial charge < -0.3 is 5.11 Å². The molecule has 0 aliphatic carbocycles. The van der Waals surface area contributed by atoms with Crippen LogP contribution in [0.3, 0.4) is 0 Å². The van der Waals surface area contributed by atoms with Crippen LogP contribution < -0.4 is 4.57 Å². The highest BCUT2D eigenvalue weighted by atomic mass is 35.5. The molecule has 1 N–H and O–H groups in total. The molecular weight excluding hydrogens is 162 g/mol. The van der Waals surface area contributed by atoms with E-state index in [2.05, 4.69) is 0 Å². The second-order valence-electron chi connectivity index (χ2n) is 1.96. The molecule has 11 heavy (non-hydrogen) atoms. The Labute approximate surface area is 72.2 Å². The summed E-state index contributed by atoms with van der Waals surface area (Å²) >= 11 is 0. The van der Waals surface area contributed by atoms with Crippen molar-refractivity contribution in [2.75, 3.05) is 0 Å². The summed E-state index contributed by atoms with van der Waals surface area (Å²) in [5.74, 6) is 0. The SMILES string of the molecule is Cl.OC=CC[n+]1ccccc1. The van der Waals surface area contributed by atoms with E-state index in [1.54, 1.807) is 6.08 Å². The molecule has 0 atom stereocenters. The molecule has 1 heterocycles. The molecule has 1 aromatic rings. The number of halogens is 1. The normalized spacial score (nSPS) is 9.45. The summed E-state index contributed by atoms with van der Waals surface area (Å²) in [6, 6.07) is 5.86. The molecule has 0 aliphatic rings. The van der Waals surface area contributed by atoms with Gasteiger partial charge in [0.15, 0.2) is 18.9 Å². The summed E-state index contributed by atoms with van der Waals surface area (Å²) in [4.78, 5) is 0. The third-order valence-corrected chi connectivity index (χ3v) is 1.20. The van der Waals surface area contributed by atoms with Gasteiger partial charge in [-0.2, -0.15) is 0 Å². The van der Waals surface area contributed by atoms with Gasteiger partial charge in [0.25, 0.3) is 0 Å². The number of allylic oxidation sites excluding steroid dienone is 1. The van der Waals surface area contributed by atoms with Gasteiger partial charge in [-0.05, 0) is 0 Å². The average Bonchev–Trinajstić information content (AvgIpc) is 2.03. The average molecular weight is 173 g/mol. The van der Waals surface area contributed by atoms with E-state index in [-0.39, 0.29) is 12.4 Å². The quantitative estimate of drug-likeness (QED) is 0.530. The lowest BCUT2D eigenvalue weighted by Crippen LogP contribution is -2.30. The Bertz CT molecular complexity index is 211. The predicted octanol–water partition coefficient (Wildman–Crippen LogP) is 1.47. The van der Waals surface area contributed by atoms with Crippen LogP contribution in [0.25, 0.3) is 0 Å². The van der Waals surface area contributed by atoms with Crippen LogP contribution in [0.5, 0.6) is 0 Å². The van der Waals surface area contributed by atoms with Gasteiger partial charge in [-0.15, -0.1) is 12.4 Å². The molecule has 0 saturated carbocycles. The Morgan fingerprint density at radius 2 is 1.82 bits per heavy atom. The molecule has 0 amide bonds. The van der Waals surface area contributed by atoms with E-state index in [1.165, 1.54) is 0 Å². The Morgan fingerprint density at radius 1 is 1.18 bits per heavy atom. The predicted molar refractivity (Wildman–Crippen MR) is 45.7 cm³/mol. The second kappa shape index (κ2) is 5.74. The number of aliphatic hydroxyl groups excluding tert-OH is 1. The summed E-state index contributed by atoms with van der Waals surface area (Å²) in [7, 11) is 0. The van der Waals surface area contributed by atoms with Crippen LogP contribution in [0.4, 0.5) is 0 Å². The molecule has 60 valence electrons. The first-order chi connectivity index (χ1) is 4.93. The van der Waals surface area contributed by atoms with Gasteiger partial charge in [-0.3, -0.25) is 0 Å². The van der Waals surface area contributed by atoms with Crippen molar-refractivity contribution in [3.63, 3.8) is 0 Å². The molecular formula is C8H11ClNO+. The van der Waals surface area contributed by atoms with Crippen molar-refractivity contribution in [1.29, 1.82) is 0 Å². The highest BCUT2D eigenvalue weighted by molar-refractivity contribution is 5.85. The van der Waals surface area contributed by atoms with Gasteiger partial charge in [0.1, 0.15) is 0 Å². The second-order valence-corrected chi connectivity index (χ2v) is 1.96. The molecule has 0 fully saturated rings. The molecule has 0 radical (unpaired) electrons. The van der Waals surface area contributed by atoms with Gasteiger partial charge in [-0.1, -0.05) is 6.07 Å². The lowest BCUT2D eigenvalue weighted by molar-refractivity contribution is -0.687. The molecule has 1 aromatic heterocycles. The summed E-state index contributed by atoms with van der Waals surface area (Å²) < 4.78 is 1.96. The van der Waals surface area contributed by atoms with Crippen LogP contribution in [0.2, 0.25) is 0 Å². The van der Waals surface area contributed by atoms with Gasteiger partial charge in [0.2, 0.25) is 0 Å². The van der Waals surface area contributed by atoms with E-state index >= 15 is 0 Å². The highest BCUT2D eigenvalue weighted by Gasteiger charge is 1.89. The zero-order valence-electron chi connectivity index (χ0n) is 6.05. The van der Waals surface area contributed by atoms with E-state index in [0.717, 1.165) is 12.8 Å². The van der Waals surface area contributed by atoms with E-state index < -0.39 is 0 Å². The number of aromatic nitrogens is 1. The molecule has 0 unspecified atom stereocenters. The van der Waals surface area contributed by atoms with Crippen LogP contribution in [-0.2, 0) is 6.54 Å². The standard InChI is InChI=1S/C8H9NO.ClH/c10-8-4-7-9-5-2-1-3-6-9;/h1-6,8H,7H2;1H/p+1. The van der Waals surface area contributed by atoms with Crippen LogP contribution >= 0.6 is 12.4 Å². The van der Waals surface area contributed by atoms with Crippen LogP contribution in [0.1, 0.15) is 0 Å². The van der Waals surface area contributed by atoms with Crippen molar-refractivity contribution in [2.24, 2.45) is 0 Å². The van der Waals surface area contributed by atoms with E-state index in [4.69, 9.17) is 5.11 Å². The third kappa shape index (κ3) is 3.63. The summed E-state index contributed by atoms with van der Waals surface area (Å²) in [6.07, 6.45) is 6.62. The minimum atomic E-state index is 0. The Hall–Kier alpha value is -1.02. The first-order valence-electron chi connectivity index (χ1n) is 3.17. The molecule has 0 spiro atoms. The van der Waals surface area contributed by atoms with Crippen molar-refractivity contribution in [2.45, 2.75) is 6.54 Å². The summed E-state index contributed by atoms with van der Waals surface area (Å²) in [5.41, 5.74) is 0. The fraction of sp³-hybridized carbons (Fsp3) is 0.125. The molecule has 0 aromatic carbocycles. The van der Waals surface area contributed by atoms with Gasteiger partial charge in [-0.25, -0.2) is 4.57 Å². The molecule has 0 saturated heterocycles. The molecule has 3 heteroatoms. The van der Waals surface area contributed by atoms with Crippen LogP contribution in [0.15, 0.2) is 42.9 Å². The lowest BCUT2D eigenvalue weighted by atomic mass is 10.5. The lowest BCUT2D eigenvalue weighted by Gasteiger charge is -1.86. The number of hydrogen-bond donors (Lipinski definition) is 1. The monoisotopic (exact) mass is 172 g/mol. The molecule has 0 bridgehead atoms. The Balaban J connectivity index is 0.000001000.